The number of aryl methyl sites for hydroxylation is 2. The average molecular weight is 405 g/mol. The zero-order valence-electron chi connectivity index (χ0n) is 17.7. The van der Waals surface area contributed by atoms with Gasteiger partial charge in [-0.05, 0) is 56.9 Å². The lowest BCUT2D eigenvalue weighted by Crippen LogP contribution is -2.09. The summed E-state index contributed by atoms with van der Waals surface area (Å²) in [4.78, 5) is 12.7. The number of rotatable bonds is 6. The van der Waals surface area contributed by atoms with Gasteiger partial charge in [0.05, 0.1) is 19.4 Å². The number of para-hydroxylation sites is 2. The van der Waals surface area contributed by atoms with Crippen LogP contribution in [0.3, 0.4) is 0 Å². The van der Waals surface area contributed by atoms with Gasteiger partial charge in [0.2, 0.25) is 5.91 Å². The predicted octanol–water partition coefficient (Wildman–Crippen LogP) is 5.76. The molecule has 1 amide bonds. The van der Waals surface area contributed by atoms with Crippen LogP contribution in [0.25, 0.3) is 16.5 Å². The van der Waals surface area contributed by atoms with Gasteiger partial charge in [-0.3, -0.25) is 4.79 Å². The molecule has 1 aliphatic rings. The largest absolute Gasteiger partial charge is 0.495 e. The third-order valence-electron chi connectivity index (χ3n) is 5.49. The highest BCUT2D eigenvalue weighted by molar-refractivity contribution is 6.05. The fraction of sp³-hybridized carbons (Fsp3) is 0.320. The Morgan fingerprint density at radius 2 is 1.97 bits per heavy atom. The lowest BCUT2D eigenvalue weighted by molar-refractivity contribution is -0.111. The first-order valence-electron chi connectivity index (χ1n) is 10.4. The molecule has 0 unspecified atom stereocenters. The molecular weight excluding hydrogens is 378 g/mol. The molecule has 0 atom stereocenters. The fourth-order valence-corrected chi connectivity index (χ4v) is 4.06. The minimum absolute atomic E-state index is 0.214. The van der Waals surface area contributed by atoms with Crippen molar-refractivity contribution < 1.29 is 18.7 Å². The van der Waals surface area contributed by atoms with Crippen LogP contribution in [-0.2, 0) is 17.6 Å². The highest BCUT2D eigenvalue weighted by atomic mass is 16.5. The molecule has 1 aromatic heterocycles. The molecule has 0 radical (unpaired) electrons. The van der Waals surface area contributed by atoms with Gasteiger partial charge >= 0.3 is 0 Å². The second-order valence-electron chi connectivity index (χ2n) is 7.51. The van der Waals surface area contributed by atoms with E-state index < -0.39 is 0 Å². The van der Waals surface area contributed by atoms with Crippen LogP contribution in [0.1, 0.15) is 43.6 Å². The lowest BCUT2D eigenvalue weighted by atomic mass is 9.94. The van der Waals surface area contributed by atoms with E-state index in [1.807, 2.05) is 44.2 Å². The van der Waals surface area contributed by atoms with E-state index in [1.165, 1.54) is 18.4 Å². The van der Waals surface area contributed by atoms with Crippen molar-refractivity contribution in [2.45, 2.75) is 39.5 Å². The van der Waals surface area contributed by atoms with E-state index in [0.29, 0.717) is 18.0 Å². The van der Waals surface area contributed by atoms with E-state index in [2.05, 4.69) is 11.4 Å². The number of methoxy groups -OCH3 is 1. The molecule has 3 aromatic rings. The van der Waals surface area contributed by atoms with Crippen LogP contribution < -0.4 is 14.8 Å². The van der Waals surface area contributed by atoms with Crippen LogP contribution in [0.2, 0.25) is 0 Å². The molecule has 0 fully saturated rings. The number of ether oxygens (including phenoxy) is 2. The van der Waals surface area contributed by atoms with Gasteiger partial charge in [-0.25, -0.2) is 0 Å². The van der Waals surface area contributed by atoms with Crippen LogP contribution in [-0.4, -0.2) is 19.6 Å². The van der Waals surface area contributed by atoms with Crippen LogP contribution >= 0.6 is 0 Å². The molecule has 156 valence electrons. The first-order chi connectivity index (χ1) is 14.6. The van der Waals surface area contributed by atoms with Gasteiger partial charge in [-0.1, -0.05) is 12.1 Å². The summed E-state index contributed by atoms with van der Waals surface area (Å²) in [5, 5.41) is 4.02. The van der Waals surface area contributed by atoms with Gasteiger partial charge in [0.25, 0.3) is 0 Å². The molecule has 0 saturated carbocycles. The number of anilines is 1. The molecular formula is C25H27NO4. The Morgan fingerprint density at radius 3 is 2.77 bits per heavy atom. The van der Waals surface area contributed by atoms with Crippen molar-refractivity contribution >= 4 is 28.1 Å². The summed E-state index contributed by atoms with van der Waals surface area (Å²) in [6.45, 7) is 4.42. The number of hydrogen-bond donors (Lipinski definition) is 1. The van der Waals surface area contributed by atoms with Crippen molar-refractivity contribution in [2.75, 3.05) is 19.0 Å². The second-order valence-corrected chi connectivity index (χ2v) is 7.51. The van der Waals surface area contributed by atoms with Crippen LogP contribution in [0.5, 0.6) is 11.5 Å². The smallest absolute Gasteiger partial charge is 0.248 e. The van der Waals surface area contributed by atoms with E-state index in [9.17, 15) is 4.79 Å². The Bertz CT molecular complexity index is 1110. The zero-order chi connectivity index (χ0) is 21.1. The number of fused-ring (bicyclic) bond motifs is 3. The quantitative estimate of drug-likeness (QED) is 0.530. The van der Waals surface area contributed by atoms with Crippen molar-refractivity contribution in [3.8, 4) is 11.5 Å². The molecule has 5 nitrogen and oxygen atoms in total. The molecule has 1 N–H and O–H groups in total. The highest BCUT2D eigenvalue weighted by Gasteiger charge is 2.20. The molecule has 0 bridgehead atoms. The standard InChI is InChI=1S/C25H27NO4/c1-4-29-23-15-24-19(17-9-5-7-11-21(17)30-24)14-18(23)16(2)13-25(27)26-20-10-6-8-12-22(20)28-3/h6,8,10,12-15H,4-5,7,9,11H2,1-3H3,(H,26,27)/b16-13+. The monoisotopic (exact) mass is 405 g/mol. The number of allylic oxidation sites excluding steroid dienone is 1. The van der Waals surface area contributed by atoms with Crippen molar-refractivity contribution in [3.63, 3.8) is 0 Å². The summed E-state index contributed by atoms with van der Waals surface area (Å²) in [7, 11) is 1.58. The molecule has 0 saturated heterocycles. The predicted molar refractivity (Wildman–Crippen MR) is 119 cm³/mol. The average Bonchev–Trinajstić information content (AvgIpc) is 3.11. The molecule has 4 rings (SSSR count). The normalized spacial score (nSPS) is 13.8. The Balaban J connectivity index is 1.69. The summed E-state index contributed by atoms with van der Waals surface area (Å²) >= 11 is 0. The molecule has 0 aliphatic heterocycles. The Hall–Kier alpha value is -3.21. The van der Waals surface area contributed by atoms with E-state index >= 15 is 0 Å². The number of carbonyl (C=O) groups is 1. The Labute approximate surface area is 176 Å². The van der Waals surface area contributed by atoms with Gasteiger partial charge < -0.3 is 19.2 Å². The van der Waals surface area contributed by atoms with Gasteiger partial charge in [0.1, 0.15) is 22.8 Å². The van der Waals surface area contributed by atoms with Crippen molar-refractivity contribution in [2.24, 2.45) is 0 Å². The van der Waals surface area contributed by atoms with Gasteiger partial charge in [-0.2, -0.15) is 0 Å². The maximum Gasteiger partial charge on any atom is 0.248 e. The molecule has 5 heteroatoms. The number of hydrogen-bond acceptors (Lipinski definition) is 4. The Morgan fingerprint density at radius 1 is 1.17 bits per heavy atom. The van der Waals surface area contributed by atoms with Crippen LogP contribution in [0.4, 0.5) is 5.69 Å². The molecule has 1 aliphatic carbocycles. The second kappa shape index (κ2) is 8.66. The first-order valence-corrected chi connectivity index (χ1v) is 10.4. The van der Waals surface area contributed by atoms with Crippen molar-refractivity contribution in [1.82, 2.24) is 0 Å². The number of amides is 1. The SMILES string of the molecule is CCOc1cc2oc3c(c2cc1/C(C)=C/C(=O)Nc1ccccc1OC)CCCC3. The summed E-state index contributed by atoms with van der Waals surface area (Å²) in [6, 6.07) is 11.4. The first kappa shape index (κ1) is 20.1. The Kier molecular flexibility index (Phi) is 5.79. The van der Waals surface area contributed by atoms with E-state index in [-0.39, 0.29) is 5.91 Å². The zero-order valence-corrected chi connectivity index (χ0v) is 17.7. The summed E-state index contributed by atoms with van der Waals surface area (Å²) in [6.07, 6.45) is 5.97. The van der Waals surface area contributed by atoms with Gasteiger partial charge in [0, 0.05) is 35.1 Å². The molecule has 0 spiro atoms. The van der Waals surface area contributed by atoms with Crippen LogP contribution in [0.15, 0.2) is 46.9 Å². The minimum Gasteiger partial charge on any atom is -0.495 e. The van der Waals surface area contributed by atoms with Gasteiger partial charge in [0.15, 0.2) is 0 Å². The topological polar surface area (TPSA) is 60.7 Å². The fourth-order valence-electron chi connectivity index (χ4n) is 4.06. The van der Waals surface area contributed by atoms with Crippen molar-refractivity contribution in [1.29, 1.82) is 0 Å². The number of benzene rings is 2. The molecule has 30 heavy (non-hydrogen) atoms. The van der Waals surface area contributed by atoms with Crippen molar-refractivity contribution in [3.05, 3.63) is 59.4 Å². The van der Waals surface area contributed by atoms with E-state index in [1.54, 1.807) is 13.2 Å². The van der Waals surface area contributed by atoms with E-state index in [0.717, 1.165) is 46.5 Å². The third-order valence-corrected chi connectivity index (χ3v) is 5.49. The summed E-state index contributed by atoms with van der Waals surface area (Å²) < 4.78 is 17.3. The summed E-state index contributed by atoms with van der Waals surface area (Å²) in [5.74, 6) is 2.23. The minimum atomic E-state index is -0.214. The van der Waals surface area contributed by atoms with Crippen LogP contribution in [0, 0.1) is 0 Å². The highest BCUT2D eigenvalue weighted by Crippen LogP contribution is 2.38. The lowest BCUT2D eigenvalue weighted by Gasteiger charge is -2.13. The maximum absolute atomic E-state index is 12.7. The number of furan rings is 1. The molecule has 2 aromatic carbocycles. The maximum atomic E-state index is 12.7. The number of carbonyl (C=O) groups excluding carboxylic acids is 1. The van der Waals surface area contributed by atoms with Gasteiger partial charge in [-0.15, -0.1) is 0 Å². The summed E-state index contributed by atoms with van der Waals surface area (Å²) in [5.41, 5.74) is 4.54. The number of nitrogens with one attached hydrogen (secondary N) is 1. The van der Waals surface area contributed by atoms with E-state index in [4.69, 9.17) is 13.9 Å². The molecule has 1 heterocycles. The third kappa shape index (κ3) is 3.92.